The SMILES string of the molecule is CC(C)Oc1ccc2c(c1)c(CCN)cn2C1CCN([C@H]2CC[C@@H](C(C)C)CC2)CC1. The Labute approximate surface area is 189 Å². The Bertz CT molecular complexity index is 840. The van der Waals surface area contributed by atoms with Gasteiger partial charge in [0.25, 0.3) is 0 Å². The Kier molecular flexibility index (Phi) is 7.28. The Hall–Kier alpha value is -1.52. The lowest BCUT2D eigenvalue weighted by molar-refractivity contribution is 0.0894. The van der Waals surface area contributed by atoms with Crippen LogP contribution in [0.5, 0.6) is 5.75 Å². The second-order valence-corrected chi connectivity index (χ2v) is 10.5. The number of rotatable bonds is 7. The van der Waals surface area contributed by atoms with Gasteiger partial charge in [-0.15, -0.1) is 0 Å². The Morgan fingerprint density at radius 1 is 0.968 bits per heavy atom. The quantitative estimate of drug-likeness (QED) is 0.611. The summed E-state index contributed by atoms with van der Waals surface area (Å²) in [6.07, 6.45) is 11.6. The van der Waals surface area contributed by atoms with Crippen molar-refractivity contribution in [3.05, 3.63) is 30.0 Å². The average Bonchev–Trinajstić information content (AvgIpc) is 3.11. The van der Waals surface area contributed by atoms with Gasteiger partial charge in [0.05, 0.1) is 6.10 Å². The van der Waals surface area contributed by atoms with Crippen molar-refractivity contribution >= 4 is 10.9 Å². The minimum atomic E-state index is 0.192. The van der Waals surface area contributed by atoms with Gasteiger partial charge < -0.3 is 19.9 Å². The monoisotopic (exact) mass is 425 g/mol. The molecule has 0 unspecified atom stereocenters. The molecule has 2 aromatic rings. The summed E-state index contributed by atoms with van der Waals surface area (Å²) in [5.41, 5.74) is 8.65. The van der Waals surface area contributed by atoms with Crippen LogP contribution >= 0.6 is 0 Å². The largest absolute Gasteiger partial charge is 0.491 e. The molecule has 1 saturated carbocycles. The van der Waals surface area contributed by atoms with Crippen molar-refractivity contribution in [2.75, 3.05) is 19.6 Å². The predicted octanol–water partition coefficient (Wildman–Crippen LogP) is 5.78. The fourth-order valence-electron chi connectivity index (χ4n) is 5.97. The van der Waals surface area contributed by atoms with Crippen LogP contribution in [0.1, 0.15) is 77.8 Å². The molecule has 2 fully saturated rings. The summed E-state index contributed by atoms with van der Waals surface area (Å²) in [5, 5.41) is 1.32. The first-order valence-corrected chi connectivity index (χ1v) is 12.7. The normalized spacial score (nSPS) is 23.8. The highest BCUT2D eigenvalue weighted by molar-refractivity contribution is 5.85. The van der Waals surface area contributed by atoms with Gasteiger partial charge in [0.1, 0.15) is 5.75 Å². The van der Waals surface area contributed by atoms with Crippen LogP contribution in [0, 0.1) is 11.8 Å². The highest BCUT2D eigenvalue weighted by atomic mass is 16.5. The molecule has 4 nitrogen and oxygen atoms in total. The molecule has 0 bridgehead atoms. The maximum absolute atomic E-state index is 5.97. The van der Waals surface area contributed by atoms with Gasteiger partial charge in [-0.25, -0.2) is 0 Å². The zero-order chi connectivity index (χ0) is 22.0. The minimum absolute atomic E-state index is 0.192. The molecule has 1 aromatic carbocycles. The number of nitrogens with zero attached hydrogens (tertiary/aromatic N) is 2. The third-order valence-corrected chi connectivity index (χ3v) is 7.77. The van der Waals surface area contributed by atoms with Gasteiger partial charge in [-0.2, -0.15) is 0 Å². The second-order valence-electron chi connectivity index (χ2n) is 10.5. The Morgan fingerprint density at radius 3 is 2.29 bits per heavy atom. The number of hydrogen-bond acceptors (Lipinski definition) is 3. The van der Waals surface area contributed by atoms with Crippen molar-refractivity contribution in [1.82, 2.24) is 9.47 Å². The van der Waals surface area contributed by atoms with E-state index in [2.05, 4.69) is 61.6 Å². The summed E-state index contributed by atoms with van der Waals surface area (Å²) in [6.45, 7) is 12.1. The summed E-state index contributed by atoms with van der Waals surface area (Å²) in [7, 11) is 0. The van der Waals surface area contributed by atoms with E-state index in [4.69, 9.17) is 10.5 Å². The number of ether oxygens (including phenoxy) is 1. The highest BCUT2D eigenvalue weighted by Gasteiger charge is 2.30. The molecule has 0 spiro atoms. The first kappa shape index (κ1) is 22.7. The maximum Gasteiger partial charge on any atom is 0.120 e. The van der Waals surface area contributed by atoms with Gasteiger partial charge in [-0.1, -0.05) is 13.8 Å². The lowest BCUT2D eigenvalue weighted by Gasteiger charge is -2.42. The lowest BCUT2D eigenvalue weighted by atomic mass is 9.79. The fraction of sp³-hybridized carbons (Fsp3) is 0.704. The molecule has 1 aliphatic heterocycles. The lowest BCUT2D eigenvalue weighted by Crippen LogP contribution is -2.43. The topological polar surface area (TPSA) is 43.4 Å². The standard InChI is InChI=1S/C27H43N3O/c1-19(2)21-5-7-23(8-6-21)29-15-12-24(13-16-29)30-18-22(11-14-28)26-17-25(31-20(3)4)9-10-27(26)30/h9-10,17-21,23-24H,5-8,11-16,28H2,1-4H3/t21-,23+. The molecule has 2 aliphatic rings. The summed E-state index contributed by atoms with van der Waals surface area (Å²) in [4.78, 5) is 2.80. The van der Waals surface area contributed by atoms with Crippen LogP contribution in [0.25, 0.3) is 10.9 Å². The van der Waals surface area contributed by atoms with E-state index in [9.17, 15) is 0 Å². The first-order chi connectivity index (χ1) is 15.0. The van der Waals surface area contributed by atoms with Crippen molar-refractivity contribution in [2.24, 2.45) is 17.6 Å². The third-order valence-electron chi connectivity index (χ3n) is 7.77. The van der Waals surface area contributed by atoms with Gasteiger partial charge in [0.2, 0.25) is 0 Å². The number of likely N-dealkylation sites (tertiary alicyclic amines) is 1. The molecule has 0 amide bonds. The fourth-order valence-corrected chi connectivity index (χ4v) is 5.97. The molecule has 4 rings (SSSR count). The van der Waals surface area contributed by atoms with Gasteiger partial charge in [0, 0.05) is 42.3 Å². The van der Waals surface area contributed by atoms with Crippen LogP contribution in [-0.2, 0) is 6.42 Å². The number of piperidine rings is 1. The maximum atomic E-state index is 5.97. The van der Waals surface area contributed by atoms with E-state index in [1.54, 1.807) is 0 Å². The van der Waals surface area contributed by atoms with E-state index in [1.807, 2.05) is 0 Å². The van der Waals surface area contributed by atoms with Crippen molar-refractivity contribution in [3.63, 3.8) is 0 Å². The van der Waals surface area contributed by atoms with Crippen LogP contribution in [0.3, 0.4) is 0 Å². The number of nitrogens with two attached hydrogens (primary N) is 1. The molecule has 1 saturated heterocycles. The van der Waals surface area contributed by atoms with Gasteiger partial charge in [-0.05, 0) is 101 Å². The molecule has 31 heavy (non-hydrogen) atoms. The van der Waals surface area contributed by atoms with E-state index in [-0.39, 0.29) is 6.10 Å². The van der Waals surface area contributed by atoms with E-state index < -0.39 is 0 Å². The molecule has 4 heteroatoms. The number of benzene rings is 1. The first-order valence-electron chi connectivity index (χ1n) is 12.7. The number of hydrogen-bond donors (Lipinski definition) is 1. The van der Waals surface area contributed by atoms with Crippen LogP contribution in [0.2, 0.25) is 0 Å². The minimum Gasteiger partial charge on any atom is -0.491 e. The molecule has 172 valence electrons. The Balaban J connectivity index is 1.45. The molecular weight excluding hydrogens is 382 g/mol. The van der Waals surface area contributed by atoms with E-state index >= 15 is 0 Å². The molecule has 2 N–H and O–H groups in total. The molecule has 1 aliphatic carbocycles. The number of aromatic nitrogens is 1. The summed E-state index contributed by atoms with van der Waals surface area (Å²) in [6, 6.07) is 8.02. The summed E-state index contributed by atoms with van der Waals surface area (Å²) >= 11 is 0. The summed E-state index contributed by atoms with van der Waals surface area (Å²) < 4.78 is 8.51. The Morgan fingerprint density at radius 2 is 1.68 bits per heavy atom. The predicted molar refractivity (Wildman–Crippen MR) is 131 cm³/mol. The zero-order valence-corrected chi connectivity index (χ0v) is 20.1. The van der Waals surface area contributed by atoms with Crippen molar-refractivity contribution in [1.29, 1.82) is 0 Å². The van der Waals surface area contributed by atoms with E-state index in [1.165, 1.54) is 68.1 Å². The van der Waals surface area contributed by atoms with Crippen LogP contribution < -0.4 is 10.5 Å². The van der Waals surface area contributed by atoms with Gasteiger partial charge >= 0.3 is 0 Å². The van der Waals surface area contributed by atoms with Gasteiger partial charge in [0.15, 0.2) is 0 Å². The molecule has 0 radical (unpaired) electrons. The third kappa shape index (κ3) is 5.12. The van der Waals surface area contributed by atoms with E-state index in [0.29, 0.717) is 12.6 Å². The van der Waals surface area contributed by atoms with Crippen molar-refractivity contribution in [2.45, 2.75) is 90.8 Å². The summed E-state index contributed by atoms with van der Waals surface area (Å²) in [5.74, 6) is 2.76. The zero-order valence-electron chi connectivity index (χ0n) is 20.1. The van der Waals surface area contributed by atoms with Gasteiger partial charge in [-0.3, -0.25) is 0 Å². The molecule has 2 heterocycles. The van der Waals surface area contributed by atoms with Crippen molar-refractivity contribution < 1.29 is 4.74 Å². The average molecular weight is 426 g/mol. The molecule has 0 atom stereocenters. The van der Waals surface area contributed by atoms with E-state index in [0.717, 1.165) is 30.0 Å². The van der Waals surface area contributed by atoms with Crippen LogP contribution in [-0.4, -0.2) is 41.2 Å². The number of fused-ring (bicyclic) bond motifs is 1. The highest BCUT2D eigenvalue weighted by Crippen LogP contribution is 2.36. The van der Waals surface area contributed by atoms with Crippen molar-refractivity contribution in [3.8, 4) is 5.75 Å². The van der Waals surface area contributed by atoms with Crippen LogP contribution in [0.15, 0.2) is 24.4 Å². The smallest absolute Gasteiger partial charge is 0.120 e. The van der Waals surface area contributed by atoms with Crippen LogP contribution in [0.4, 0.5) is 0 Å². The molecular formula is C27H43N3O. The molecule has 1 aromatic heterocycles. The second kappa shape index (κ2) is 9.95.